The summed E-state index contributed by atoms with van der Waals surface area (Å²) in [6.45, 7) is 3.53. The Balaban J connectivity index is 2.35. The van der Waals surface area contributed by atoms with E-state index in [1.165, 1.54) is 0 Å². The van der Waals surface area contributed by atoms with Gasteiger partial charge in [0.25, 0.3) is 0 Å². The van der Waals surface area contributed by atoms with Crippen LogP contribution in [0.15, 0.2) is 0 Å². The van der Waals surface area contributed by atoms with Crippen LogP contribution in [-0.4, -0.2) is 41.8 Å². The molecule has 4 heteroatoms. The van der Waals surface area contributed by atoms with Crippen molar-refractivity contribution in [2.45, 2.75) is 19.4 Å². The van der Waals surface area contributed by atoms with Crippen LogP contribution in [0.2, 0.25) is 0 Å². The van der Waals surface area contributed by atoms with Crippen LogP contribution < -0.4 is 5.32 Å². The minimum atomic E-state index is -0.00838. The van der Waals surface area contributed by atoms with Gasteiger partial charge in [-0.1, -0.05) is 0 Å². The van der Waals surface area contributed by atoms with Gasteiger partial charge in [-0.2, -0.15) is 0 Å². The Bertz CT molecular complexity index is 149. The molecule has 1 aliphatic rings. The lowest BCUT2D eigenvalue weighted by molar-refractivity contribution is 0.196. The molecule has 1 fully saturated rings. The molecule has 0 bridgehead atoms. The molecule has 11 heavy (non-hydrogen) atoms. The second kappa shape index (κ2) is 3.57. The number of hydrogen-bond acceptors (Lipinski definition) is 2. The number of aliphatic hydroxyl groups is 1. The normalized spacial score (nSPS) is 24.0. The molecule has 0 aromatic heterocycles. The number of nitrogens with one attached hydrogen (secondary N) is 1. The van der Waals surface area contributed by atoms with E-state index in [0.717, 1.165) is 6.54 Å². The average molecular weight is 158 g/mol. The van der Waals surface area contributed by atoms with Gasteiger partial charge in [0.2, 0.25) is 0 Å². The first-order valence-corrected chi connectivity index (χ1v) is 3.91. The first-order chi connectivity index (χ1) is 5.25. The first kappa shape index (κ1) is 8.33. The van der Waals surface area contributed by atoms with Gasteiger partial charge in [-0.25, -0.2) is 4.79 Å². The number of nitrogens with zero attached hydrogens (tertiary/aromatic N) is 1. The molecule has 0 aromatic rings. The van der Waals surface area contributed by atoms with Gasteiger partial charge in [-0.15, -0.1) is 0 Å². The van der Waals surface area contributed by atoms with Crippen LogP contribution in [0.1, 0.15) is 13.3 Å². The molecule has 1 heterocycles. The van der Waals surface area contributed by atoms with Crippen molar-refractivity contribution in [1.29, 1.82) is 0 Å². The van der Waals surface area contributed by atoms with Crippen molar-refractivity contribution in [1.82, 2.24) is 10.2 Å². The van der Waals surface area contributed by atoms with Crippen LogP contribution in [0, 0.1) is 0 Å². The molecular formula is C7H14N2O2. The van der Waals surface area contributed by atoms with E-state index in [1.807, 2.05) is 6.92 Å². The third-order valence-electron chi connectivity index (χ3n) is 1.90. The van der Waals surface area contributed by atoms with E-state index in [-0.39, 0.29) is 18.7 Å². The molecule has 0 aromatic carbocycles. The second-order valence-electron chi connectivity index (χ2n) is 2.81. The standard InChI is InChI=1S/C7H14N2O2/c1-6-5-8-7(11)9(6)3-2-4-10/h6,10H,2-5H2,1H3,(H,8,11). The molecule has 0 radical (unpaired) electrons. The smallest absolute Gasteiger partial charge is 0.317 e. The number of hydrogen-bond donors (Lipinski definition) is 2. The fourth-order valence-electron chi connectivity index (χ4n) is 1.21. The van der Waals surface area contributed by atoms with Crippen molar-refractivity contribution in [2.75, 3.05) is 19.7 Å². The van der Waals surface area contributed by atoms with Crippen LogP contribution in [-0.2, 0) is 0 Å². The summed E-state index contributed by atoms with van der Waals surface area (Å²) in [7, 11) is 0. The number of rotatable bonds is 3. The van der Waals surface area contributed by atoms with Gasteiger partial charge < -0.3 is 15.3 Å². The molecule has 2 N–H and O–H groups in total. The lowest BCUT2D eigenvalue weighted by atomic mass is 10.3. The number of aliphatic hydroxyl groups excluding tert-OH is 1. The Labute approximate surface area is 66.2 Å². The highest BCUT2D eigenvalue weighted by Crippen LogP contribution is 2.05. The van der Waals surface area contributed by atoms with Crippen LogP contribution >= 0.6 is 0 Å². The average Bonchev–Trinajstić information content (AvgIpc) is 2.29. The zero-order valence-electron chi connectivity index (χ0n) is 6.71. The molecule has 64 valence electrons. The van der Waals surface area contributed by atoms with Crippen molar-refractivity contribution < 1.29 is 9.90 Å². The van der Waals surface area contributed by atoms with E-state index in [2.05, 4.69) is 5.32 Å². The maximum absolute atomic E-state index is 11.0. The van der Waals surface area contributed by atoms with Crippen molar-refractivity contribution in [2.24, 2.45) is 0 Å². The summed E-state index contributed by atoms with van der Waals surface area (Å²) < 4.78 is 0. The molecule has 2 amide bonds. The maximum Gasteiger partial charge on any atom is 0.317 e. The molecule has 1 unspecified atom stereocenters. The van der Waals surface area contributed by atoms with Crippen molar-refractivity contribution >= 4 is 6.03 Å². The zero-order valence-corrected chi connectivity index (χ0v) is 6.71. The Morgan fingerprint density at radius 1 is 1.82 bits per heavy atom. The predicted octanol–water partition coefficient (Wildman–Crippen LogP) is -0.217. The van der Waals surface area contributed by atoms with E-state index >= 15 is 0 Å². The summed E-state index contributed by atoms with van der Waals surface area (Å²) in [6, 6.07) is 0.264. The lowest BCUT2D eigenvalue weighted by Crippen LogP contribution is -2.33. The maximum atomic E-state index is 11.0. The monoisotopic (exact) mass is 158 g/mol. The quantitative estimate of drug-likeness (QED) is 0.596. The number of amides is 2. The fourth-order valence-corrected chi connectivity index (χ4v) is 1.21. The molecule has 1 saturated heterocycles. The van der Waals surface area contributed by atoms with E-state index in [9.17, 15) is 4.79 Å². The molecule has 0 saturated carbocycles. The van der Waals surface area contributed by atoms with Crippen molar-refractivity contribution in [3.05, 3.63) is 0 Å². The van der Waals surface area contributed by atoms with E-state index in [4.69, 9.17) is 5.11 Å². The summed E-state index contributed by atoms with van der Waals surface area (Å²) in [6.07, 6.45) is 0.664. The Morgan fingerprint density at radius 2 is 2.55 bits per heavy atom. The van der Waals surface area contributed by atoms with E-state index < -0.39 is 0 Å². The van der Waals surface area contributed by atoms with E-state index in [0.29, 0.717) is 13.0 Å². The SMILES string of the molecule is CC1CNC(=O)N1CCCO. The van der Waals surface area contributed by atoms with Crippen LogP contribution in [0.3, 0.4) is 0 Å². The summed E-state index contributed by atoms with van der Waals surface area (Å²) in [5, 5.41) is 11.3. The van der Waals surface area contributed by atoms with Gasteiger partial charge in [-0.05, 0) is 13.3 Å². The topological polar surface area (TPSA) is 52.6 Å². The van der Waals surface area contributed by atoms with Crippen LogP contribution in [0.5, 0.6) is 0 Å². The van der Waals surface area contributed by atoms with Gasteiger partial charge >= 0.3 is 6.03 Å². The van der Waals surface area contributed by atoms with Gasteiger partial charge in [-0.3, -0.25) is 0 Å². The largest absolute Gasteiger partial charge is 0.396 e. The lowest BCUT2D eigenvalue weighted by Gasteiger charge is -2.18. The molecule has 0 aliphatic carbocycles. The molecular weight excluding hydrogens is 144 g/mol. The zero-order chi connectivity index (χ0) is 8.27. The van der Waals surface area contributed by atoms with Gasteiger partial charge in [0.1, 0.15) is 0 Å². The second-order valence-corrected chi connectivity index (χ2v) is 2.81. The third kappa shape index (κ3) is 1.83. The summed E-state index contributed by atoms with van der Waals surface area (Å²) in [5.74, 6) is 0. The highest BCUT2D eigenvalue weighted by molar-refractivity contribution is 5.76. The van der Waals surface area contributed by atoms with Gasteiger partial charge in [0, 0.05) is 25.7 Å². The summed E-state index contributed by atoms with van der Waals surface area (Å²) in [4.78, 5) is 12.8. The molecule has 1 aliphatic heterocycles. The number of carbonyl (C=O) groups is 1. The van der Waals surface area contributed by atoms with Gasteiger partial charge in [0.15, 0.2) is 0 Å². The third-order valence-corrected chi connectivity index (χ3v) is 1.90. The van der Waals surface area contributed by atoms with Crippen molar-refractivity contribution in [3.63, 3.8) is 0 Å². The van der Waals surface area contributed by atoms with Crippen LogP contribution in [0.25, 0.3) is 0 Å². The highest BCUT2D eigenvalue weighted by Gasteiger charge is 2.25. The summed E-state index contributed by atoms with van der Waals surface area (Å²) in [5.41, 5.74) is 0. The minimum Gasteiger partial charge on any atom is -0.396 e. The van der Waals surface area contributed by atoms with Gasteiger partial charge in [0.05, 0.1) is 0 Å². The predicted molar refractivity (Wildman–Crippen MR) is 41.3 cm³/mol. The first-order valence-electron chi connectivity index (χ1n) is 3.91. The highest BCUT2D eigenvalue weighted by atomic mass is 16.3. The molecule has 4 nitrogen and oxygen atoms in total. The fraction of sp³-hybridized carbons (Fsp3) is 0.857. The Hall–Kier alpha value is -0.770. The minimum absolute atomic E-state index is 0.00838. The molecule has 1 atom stereocenters. The Kier molecular flexibility index (Phi) is 2.70. The van der Waals surface area contributed by atoms with Crippen molar-refractivity contribution in [3.8, 4) is 0 Å². The number of urea groups is 1. The van der Waals surface area contributed by atoms with E-state index in [1.54, 1.807) is 4.90 Å². The molecule has 1 rings (SSSR count). The summed E-state index contributed by atoms with van der Waals surface area (Å²) >= 11 is 0. The Morgan fingerprint density at radius 3 is 3.00 bits per heavy atom. The number of carbonyl (C=O) groups excluding carboxylic acids is 1. The molecule has 0 spiro atoms. The van der Waals surface area contributed by atoms with Crippen LogP contribution in [0.4, 0.5) is 4.79 Å².